The van der Waals surface area contributed by atoms with Gasteiger partial charge in [0, 0.05) is 13.1 Å². The van der Waals surface area contributed by atoms with Gasteiger partial charge < -0.3 is 5.11 Å². The van der Waals surface area contributed by atoms with Gasteiger partial charge in [0.2, 0.25) is 10.0 Å². The highest BCUT2D eigenvalue weighted by Crippen LogP contribution is 2.26. The van der Waals surface area contributed by atoms with E-state index >= 15 is 0 Å². The summed E-state index contributed by atoms with van der Waals surface area (Å²) in [6.07, 6.45) is 2.61. The summed E-state index contributed by atoms with van der Waals surface area (Å²) in [5, 5.41) is 13.6. The Morgan fingerprint density at radius 1 is 1.39 bits per heavy atom. The van der Waals surface area contributed by atoms with E-state index in [0.29, 0.717) is 13.0 Å². The highest BCUT2D eigenvalue weighted by Gasteiger charge is 2.35. The molecule has 2 atom stereocenters. The molecule has 8 heteroatoms. The second-order valence-corrected chi connectivity index (χ2v) is 7.66. The molecule has 1 aromatic carbocycles. The fraction of sp³-hybridized carbons (Fsp3) is 0.400. The predicted molar refractivity (Wildman–Crippen MR) is 82.1 cm³/mol. The smallest absolute Gasteiger partial charge is 0.246 e. The number of halogens is 1. The molecule has 0 spiro atoms. The Morgan fingerprint density at radius 3 is 2.78 bits per heavy atom. The zero-order valence-electron chi connectivity index (χ0n) is 12.6. The molecule has 23 heavy (non-hydrogen) atoms. The first-order valence-corrected chi connectivity index (χ1v) is 8.81. The van der Waals surface area contributed by atoms with E-state index in [1.165, 1.54) is 33.5 Å². The lowest BCUT2D eigenvalue weighted by Crippen LogP contribution is -2.30. The van der Waals surface area contributed by atoms with Crippen molar-refractivity contribution in [1.29, 1.82) is 0 Å². The standard InChI is InChI=1S/C15H18FN3O3S/c1-11(20)12-6-7-18(9-12)23(21,22)13-8-17-19(10-13)15-5-3-2-4-14(15)16/h2-5,8,10-12,20H,6-7,9H2,1H3. The summed E-state index contributed by atoms with van der Waals surface area (Å²) in [6.45, 7) is 2.31. The van der Waals surface area contributed by atoms with Crippen LogP contribution in [-0.4, -0.2) is 46.8 Å². The minimum atomic E-state index is -3.69. The van der Waals surface area contributed by atoms with Gasteiger partial charge in [0.05, 0.1) is 18.5 Å². The number of aliphatic hydroxyl groups excluding tert-OH is 1. The Morgan fingerprint density at radius 2 is 2.13 bits per heavy atom. The van der Waals surface area contributed by atoms with Crippen molar-refractivity contribution in [3.8, 4) is 5.69 Å². The van der Waals surface area contributed by atoms with E-state index in [1.54, 1.807) is 19.1 Å². The summed E-state index contributed by atoms with van der Waals surface area (Å²) < 4.78 is 41.6. The minimum Gasteiger partial charge on any atom is -0.393 e. The molecule has 2 unspecified atom stereocenters. The van der Waals surface area contributed by atoms with Gasteiger partial charge in [-0.15, -0.1) is 0 Å². The average Bonchev–Trinajstić information content (AvgIpc) is 3.18. The minimum absolute atomic E-state index is 0.0204. The third kappa shape index (κ3) is 3.01. The lowest BCUT2D eigenvalue weighted by atomic mass is 10.0. The van der Waals surface area contributed by atoms with E-state index in [9.17, 15) is 17.9 Å². The third-order valence-corrected chi connectivity index (χ3v) is 5.98. The van der Waals surface area contributed by atoms with Crippen LogP contribution < -0.4 is 0 Å². The zero-order chi connectivity index (χ0) is 16.6. The first kappa shape index (κ1) is 16.1. The van der Waals surface area contributed by atoms with Gasteiger partial charge >= 0.3 is 0 Å². The molecular weight excluding hydrogens is 321 g/mol. The molecule has 1 aliphatic rings. The van der Waals surface area contributed by atoms with Gasteiger partial charge in [-0.05, 0) is 31.4 Å². The van der Waals surface area contributed by atoms with Crippen molar-refractivity contribution in [3.05, 3.63) is 42.5 Å². The van der Waals surface area contributed by atoms with E-state index in [4.69, 9.17) is 0 Å². The quantitative estimate of drug-likeness (QED) is 0.914. The van der Waals surface area contributed by atoms with Gasteiger partial charge in [0.25, 0.3) is 0 Å². The molecule has 1 aromatic heterocycles. The van der Waals surface area contributed by atoms with Crippen LogP contribution >= 0.6 is 0 Å². The summed E-state index contributed by atoms with van der Waals surface area (Å²) in [6, 6.07) is 6.03. The number of para-hydroxylation sites is 1. The molecule has 3 rings (SSSR count). The van der Waals surface area contributed by atoms with Crippen LogP contribution in [0.25, 0.3) is 5.69 Å². The normalized spacial score (nSPS) is 20.7. The first-order chi connectivity index (χ1) is 10.9. The van der Waals surface area contributed by atoms with Gasteiger partial charge in [0.1, 0.15) is 16.4 Å². The number of hydrogen-bond donors (Lipinski definition) is 1. The summed E-state index contributed by atoms with van der Waals surface area (Å²) >= 11 is 0. The average molecular weight is 339 g/mol. The van der Waals surface area contributed by atoms with Crippen LogP contribution in [0, 0.1) is 11.7 Å². The molecule has 0 aliphatic carbocycles. The van der Waals surface area contributed by atoms with Crippen molar-refractivity contribution in [3.63, 3.8) is 0 Å². The Labute approximate surface area is 134 Å². The SMILES string of the molecule is CC(O)C1CCN(S(=O)(=O)c2cnn(-c3ccccc3F)c2)C1. The molecule has 124 valence electrons. The highest BCUT2D eigenvalue weighted by molar-refractivity contribution is 7.89. The second kappa shape index (κ2) is 6.03. The van der Waals surface area contributed by atoms with Crippen LogP contribution in [0.3, 0.4) is 0 Å². The van der Waals surface area contributed by atoms with E-state index in [1.807, 2.05) is 0 Å². The molecule has 0 bridgehead atoms. The molecular formula is C15H18FN3O3S. The summed E-state index contributed by atoms with van der Waals surface area (Å²) in [4.78, 5) is 0.0204. The lowest BCUT2D eigenvalue weighted by molar-refractivity contribution is 0.133. The number of sulfonamides is 1. The Balaban J connectivity index is 1.87. The molecule has 1 aliphatic heterocycles. The van der Waals surface area contributed by atoms with Crippen LogP contribution in [0.15, 0.2) is 41.6 Å². The number of hydrogen-bond acceptors (Lipinski definition) is 4. The zero-order valence-corrected chi connectivity index (χ0v) is 13.4. The van der Waals surface area contributed by atoms with Crippen molar-refractivity contribution in [2.45, 2.75) is 24.3 Å². The van der Waals surface area contributed by atoms with Crippen molar-refractivity contribution in [2.24, 2.45) is 5.92 Å². The van der Waals surface area contributed by atoms with Crippen LogP contribution in [0.5, 0.6) is 0 Å². The maximum atomic E-state index is 13.8. The summed E-state index contributed by atoms with van der Waals surface area (Å²) in [7, 11) is -3.69. The van der Waals surface area contributed by atoms with Crippen LogP contribution in [0.4, 0.5) is 4.39 Å². The van der Waals surface area contributed by atoms with Crippen molar-refractivity contribution in [1.82, 2.24) is 14.1 Å². The molecule has 0 radical (unpaired) electrons. The lowest BCUT2D eigenvalue weighted by Gasteiger charge is -2.16. The van der Waals surface area contributed by atoms with E-state index in [-0.39, 0.29) is 23.0 Å². The van der Waals surface area contributed by atoms with Crippen LogP contribution in [0.2, 0.25) is 0 Å². The molecule has 1 saturated heterocycles. The number of aromatic nitrogens is 2. The van der Waals surface area contributed by atoms with Crippen LogP contribution in [-0.2, 0) is 10.0 Å². The highest BCUT2D eigenvalue weighted by atomic mass is 32.2. The molecule has 1 N–H and O–H groups in total. The number of aliphatic hydroxyl groups is 1. The van der Waals surface area contributed by atoms with Crippen molar-refractivity contribution < 1.29 is 17.9 Å². The fourth-order valence-corrected chi connectivity index (χ4v) is 4.17. The fourth-order valence-electron chi connectivity index (χ4n) is 2.72. The van der Waals surface area contributed by atoms with Crippen molar-refractivity contribution >= 4 is 10.0 Å². The Hall–Kier alpha value is -1.77. The van der Waals surface area contributed by atoms with E-state index in [2.05, 4.69) is 5.10 Å². The molecule has 2 aromatic rings. The molecule has 1 fully saturated rings. The predicted octanol–water partition coefficient (Wildman–Crippen LogP) is 1.40. The first-order valence-electron chi connectivity index (χ1n) is 7.37. The molecule has 0 saturated carbocycles. The maximum Gasteiger partial charge on any atom is 0.246 e. The maximum absolute atomic E-state index is 13.8. The van der Waals surface area contributed by atoms with Crippen LogP contribution in [0.1, 0.15) is 13.3 Å². The Kier molecular flexibility index (Phi) is 4.22. The van der Waals surface area contributed by atoms with Gasteiger partial charge in [0.15, 0.2) is 0 Å². The molecule has 6 nitrogen and oxygen atoms in total. The number of benzene rings is 1. The largest absolute Gasteiger partial charge is 0.393 e. The summed E-state index contributed by atoms with van der Waals surface area (Å²) in [5.74, 6) is -0.540. The van der Waals surface area contributed by atoms with Gasteiger partial charge in [-0.3, -0.25) is 0 Å². The van der Waals surface area contributed by atoms with Gasteiger partial charge in [-0.2, -0.15) is 9.40 Å². The number of rotatable bonds is 4. The van der Waals surface area contributed by atoms with Gasteiger partial charge in [-0.25, -0.2) is 17.5 Å². The topological polar surface area (TPSA) is 75.4 Å². The van der Waals surface area contributed by atoms with Gasteiger partial charge in [-0.1, -0.05) is 12.1 Å². The van der Waals surface area contributed by atoms with E-state index < -0.39 is 21.9 Å². The monoisotopic (exact) mass is 339 g/mol. The molecule has 0 amide bonds. The second-order valence-electron chi connectivity index (χ2n) is 5.72. The summed E-state index contributed by atoms with van der Waals surface area (Å²) in [5.41, 5.74) is 0.192. The Bertz CT molecular complexity index is 804. The van der Waals surface area contributed by atoms with E-state index in [0.717, 1.165) is 0 Å². The third-order valence-electron chi connectivity index (χ3n) is 4.17. The molecule has 2 heterocycles. The van der Waals surface area contributed by atoms with Crippen molar-refractivity contribution in [2.75, 3.05) is 13.1 Å². The number of nitrogens with zero attached hydrogens (tertiary/aromatic N) is 3.